The second kappa shape index (κ2) is 9.47. The van der Waals surface area contributed by atoms with Crippen LogP contribution in [-0.4, -0.2) is 78.5 Å². The molecule has 158 valence electrons. The van der Waals surface area contributed by atoms with E-state index in [-0.39, 0.29) is 17.9 Å². The highest BCUT2D eigenvalue weighted by molar-refractivity contribution is 5.80. The zero-order valence-electron chi connectivity index (χ0n) is 17.4. The van der Waals surface area contributed by atoms with Crippen LogP contribution in [0.2, 0.25) is 0 Å². The first-order valence-corrected chi connectivity index (χ1v) is 11.8. The maximum Gasteiger partial charge on any atom is 0.319 e. The summed E-state index contributed by atoms with van der Waals surface area (Å²) in [7, 11) is 0. The first-order valence-electron chi connectivity index (χ1n) is 11.8. The lowest BCUT2D eigenvalue weighted by molar-refractivity contribution is -0.127. The Kier molecular flexibility index (Phi) is 6.76. The number of nitrogens with zero attached hydrogens (tertiary/aromatic N) is 3. The number of rotatable bonds is 4. The summed E-state index contributed by atoms with van der Waals surface area (Å²) in [6, 6.07) is 0.530. The van der Waals surface area contributed by atoms with Crippen LogP contribution >= 0.6 is 0 Å². The molecule has 0 unspecified atom stereocenters. The number of nitrogens with one attached hydrogen (secondary N) is 1. The molecule has 6 nitrogen and oxygen atoms in total. The average Bonchev–Trinajstić information content (AvgIpc) is 3.43. The lowest BCUT2D eigenvalue weighted by Crippen LogP contribution is -2.50. The molecule has 4 fully saturated rings. The van der Waals surface area contributed by atoms with Crippen molar-refractivity contribution in [2.24, 2.45) is 11.8 Å². The normalized spacial score (nSPS) is 26.1. The highest BCUT2D eigenvalue weighted by Crippen LogP contribution is 2.27. The Hall–Kier alpha value is -1.30. The lowest BCUT2D eigenvalue weighted by Gasteiger charge is -2.36. The first kappa shape index (κ1) is 20.0. The molecule has 6 heteroatoms. The van der Waals surface area contributed by atoms with E-state index in [1.807, 2.05) is 9.80 Å². The summed E-state index contributed by atoms with van der Waals surface area (Å²) in [5.74, 6) is 1.22. The first-order chi connectivity index (χ1) is 13.7. The second-order valence-electron chi connectivity index (χ2n) is 9.47. The van der Waals surface area contributed by atoms with Crippen LogP contribution in [0.15, 0.2) is 0 Å². The predicted molar refractivity (Wildman–Crippen MR) is 110 cm³/mol. The van der Waals surface area contributed by atoms with Crippen molar-refractivity contribution < 1.29 is 9.59 Å². The summed E-state index contributed by atoms with van der Waals surface area (Å²) in [4.78, 5) is 31.8. The van der Waals surface area contributed by atoms with Gasteiger partial charge in [-0.25, -0.2) is 4.79 Å². The van der Waals surface area contributed by atoms with E-state index >= 15 is 0 Å². The summed E-state index contributed by atoms with van der Waals surface area (Å²) in [5.41, 5.74) is 0. The van der Waals surface area contributed by atoms with Crippen molar-refractivity contribution in [1.82, 2.24) is 20.0 Å². The minimum atomic E-state index is 0.0825. The van der Waals surface area contributed by atoms with Gasteiger partial charge in [0.15, 0.2) is 0 Å². The molecule has 0 atom stereocenters. The molecule has 4 aliphatic rings. The summed E-state index contributed by atoms with van der Waals surface area (Å²) < 4.78 is 0. The van der Waals surface area contributed by atoms with E-state index in [2.05, 4.69) is 10.2 Å². The Morgan fingerprint density at radius 3 is 1.96 bits per heavy atom. The van der Waals surface area contributed by atoms with Crippen LogP contribution in [0.5, 0.6) is 0 Å². The van der Waals surface area contributed by atoms with E-state index in [9.17, 15) is 9.59 Å². The monoisotopic (exact) mass is 390 g/mol. The molecule has 0 aromatic rings. The third kappa shape index (κ3) is 5.00. The Labute approximate surface area is 170 Å². The van der Waals surface area contributed by atoms with E-state index in [0.29, 0.717) is 6.04 Å². The van der Waals surface area contributed by atoms with Gasteiger partial charge in [-0.15, -0.1) is 0 Å². The number of carbonyl (C=O) groups excluding carboxylic acids is 2. The fraction of sp³-hybridized carbons (Fsp3) is 0.909. The standard InChI is InChI=1S/C22H38N4O2/c27-21(19-7-15-26(16-8-19)22(28)25-11-3-4-12-25)23-20-9-13-24(14-10-20)17-18-5-1-2-6-18/h18-20H,1-17H2,(H,23,27). The van der Waals surface area contributed by atoms with Crippen molar-refractivity contribution in [3.8, 4) is 0 Å². The Morgan fingerprint density at radius 1 is 0.714 bits per heavy atom. The van der Waals surface area contributed by atoms with Gasteiger partial charge in [-0.05, 0) is 57.3 Å². The number of hydrogen-bond donors (Lipinski definition) is 1. The van der Waals surface area contributed by atoms with Crippen LogP contribution in [0.3, 0.4) is 0 Å². The predicted octanol–water partition coefficient (Wildman–Crippen LogP) is 2.68. The van der Waals surface area contributed by atoms with E-state index < -0.39 is 0 Å². The van der Waals surface area contributed by atoms with Gasteiger partial charge < -0.3 is 20.0 Å². The van der Waals surface area contributed by atoms with E-state index in [0.717, 1.165) is 83.7 Å². The fourth-order valence-corrected chi connectivity index (χ4v) is 5.58. The molecular weight excluding hydrogens is 352 g/mol. The molecule has 3 aliphatic heterocycles. The Bertz CT molecular complexity index is 527. The number of hydrogen-bond acceptors (Lipinski definition) is 3. The van der Waals surface area contributed by atoms with Gasteiger partial charge in [0.2, 0.25) is 5.91 Å². The molecule has 28 heavy (non-hydrogen) atoms. The number of likely N-dealkylation sites (tertiary alicyclic amines) is 3. The van der Waals surface area contributed by atoms with Gasteiger partial charge in [-0.3, -0.25) is 4.79 Å². The molecule has 3 saturated heterocycles. The van der Waals surface area contributed by atoms with E-state index in [1.54, 1.807) is 0 Å². The maximum atomic E-state index is 12.7. The van der Waals surface area contributed by atoms with Crippen LogP contribution in [-0.2, 0) is 4.79 Å². The van der Waals surface area contributed by atoms with Crippen molar-refractivity contribution in [2.75, 3.05) is 45.8 Å². The Balaban J connectivity index is 1.14. The molecule has 0 aromatic carbocycles. The van der Waals surface area contributed by atoms with Crippen LogP contribution in [0.4, 0.5) is 4.79 Å². The van der Waals surface area contributed by atoms with Crippen molar-refractivity contribution in [3.05, 3.63) is 0 Å². The van der Waals surface area contributed by atoms with Crippen LogP contribution < -0.4 is 5.32 Å². The zero-order valence-corrected chi connectivity index (χ0v) is 17.4. The molecule has 1 aliphatic carbocycles. The minimum absolute atomic E-state index is 0.0825. The minimum Gasteiger partial charge on any atom is -0.353 e. The van der Waals surface area contributed by atoms with Crippen LogP contribution in [0.1, 0.15) is 64.2 Å². The van der Waals surface area contributed by atoms with Crippen molar-refractivity contribution >= 4 is 11.9 Å². The molecule has 1 saturated carbocycles. The zero-order chi connectivity index (χ0) is 19.3. The van der Waals surface area contributed by atoms with Gasteiger partial charge in [0.1, 0.15) is 0 Å². The number of carbonyl (C=O) groups is 2. The van der Waals surface area contributed by atoms with Crippen LogP contribution in [0.25, 0.3) is 0 Å². The molecule has 0 bridgehead atoms. The van der Waals surface area contributed by atoms with Gasteiger partial charge in [0.05, 0.1) is 0 Å². The molecule has 3 amide bonds. The maximum absolute atomic E-state index is 12.7. The molecule has 0 aromatic heterocycles. The quantitative estimate of drug-likeness (QED) is 0.803. The van der Waals surface area contributed by atoms with Gasteiger partial charge in [-0.2, -0.15) is 0 Å². The van der Waals surface area contributed by atoms with Crippen molar-refractivity contribution in [1.29, 1.82) is 0 Å². The smallest absolute Gasteiger partial charge is 0.319 e. The number of urea groups is 1. The molecule has 4 rings (SSSR count). The summed E-state index contributed by atoms with van der Waals surface area (Å²) >= 11 is 0. The molecule has 3 heterocycles. The molecule has 0 radical (unpaired) electrons. The molecular formula is C22H38N4O2. The topological polar surface area (TPSA) is 55.9 Å². The van der Waals surface area contributed by atoms with Gasteiger partial charge >= 0.3 is 6.03 Å². The SMILES string of the molecule is O=C(NC1CCN(CC2CCCC2)CC1)C1CCN(C(=O)N2CCCC2)CC1. The van der Waals surface area contributed by atoms with Crippen molar-refractivity contribution in [3.63, 3.8) is 0 Å². The summed E-state index contributed by atoms with van der Waals surface area (Å²) in [5, 5.41) is 3.32. The van der Waals surface area contributed by atoms with Crippen molar-refractivity contribution in [2.45, 2.75) is 70.3 Å². The summed E-state index contributed by atoms with van der Waals surface area (Å²) in [6.07, 6.45) is 11.7. The third-order valence-electron chi connectivity index (χ3n) is 7.44. The van der Waals surface area contributed by atoms with E-state index in [4.69, 9.17) is 0 Å². The van der Waals surface area contributed by atoms with Gasteiger partial charge in [0, 0.05) is 57.8 Å². The second-order valence-corrected chi connectivity index (χ2v) is 9.47. The van der Waals surface area contributed by atoms with Crippen LogP contribution in [0, 0.1) is 11.8 Å². The molecule has 1 N–H and O–H groups in total. The highest BCUT2D eigenvalue weighted by atomic mass is 16.2. The largest absolute Gasteiger partial charge is 0.353 e. The van der Waals surface area contributed by atoms with E-state index in [1.165, 1.54) is 32.2 Å². The number of piperidine rings is 2. The third-order valence-corrected chi connectivity index (χ3v) is 7.44. The summed E-state index contributed by atoms with van der Waals surface area (Å²) in [6.45, 7) is 6.79. The fourth-order valence-electron chi connectivity index (χ4n) is 5.58. The molecule has 0 spiro atoms. The van der Waals surface area contributed by atoms with Gasteiger partial charge in [0.25, 0.3) is 0 Å². The average molecular weight is 391 g/mol. The Morgan fingerprint density at radius 2 is 1.32 bits per heavy atom. The van der Waals surface area contributed by atoms with Gasteiger partial charge in [-0.1, -0.05) is 12.8 Å². The number of amides is 3. The lowest BCUT2D eigenvalue weighted by atomic mass is 9.94. The highest BCUT2D eigenvalue weighted by Gasteiger charge is 2.32.